The Kier molecular flexibility index (Phi) is 9.19. The van der Waals surface area contributed by atoms with Gasteiger partial charge in [0, 0.05) is 4.47 Å². The Hall–Kier alpha value is -0.0313. The summed E-state index contributed by atoms with van der Waals surface area (Å²) in [4.78, 5) is 10.2. The van der Waals surface area contributed by atoms with E-state index in [4.69, 9.17) is 5.11 Å². The van der Waals surface area contributed by atoms with Gasteiger partial charge < -0.3 is 5.11 Å². The number of carbonyl (C=O) groups is 1. The summed E-state index contributed by atoms with van der Waals surface area (Å²) in [5.41, 5.74) is 0.300. The van der Waals surface area contributed by atoms with Gasteiger partial charge in [-0.3, -0.25) is 4.79 Å². The number of aromatic hydroxyl groups is 1. The topological polar surface area (TPSA) is 37.3 Å². The second-order valence-corrected chi connectivity index (χ2v) is 5.27. The van der Waals surface area contributed by atoms with Gasteiger partial charge in [0.2, 0.25) is 0 Å². The predicted molar refractivity (Wildman–Crippen MR) is 66.7 cm³/mol. The molecule has 0 fully saturated rings. The van der Waals surface area contributed by atoms with Crippen molar-refractivity contribution in [1.29, 1.82) is 0 Å². The monoisotopic (exact) mass is 377 g/mol. The number of rotatable bonds is 3. The molecule has 0 aromatic heterocycles. The van der Waals surface area contributed by atoms with E-state index in [2.05, 4.69) is 22.9 Å². The van der Waals surface area contributed by atoms with Crippen LogP contribution >= 0.6 is 15.9 Å². The first-order valence-electron chi connectivity index (χ1n) is 4.74. The second kappa shape index (κ2) is 9.21. The van der Waals surface area contributed by atoms with Crippen molar-refractivity contribution in [2.24, 2.45) is 0 Å². The minimum absolute atomic E-state index is 0.0122. The summed E-state index contributed by atoms with van der Waals surface area (Å²) in [6.45, 7) is 2.23. The predicted octanol–water partition coefficient (Wildman–Crippen LogP) is 3.34. The van der Waals surface area contributed by atoms with Gasteiger partial charge >= 0.3 is 46.7 Å². The standard InChI is InChI=1S/C7H5BrO2.C4H9.Sn/c8-6-1-2-7(10)5(3-6)4-9;1-3-4-2;/h1-4,10H;1,3-4H2,2H3;. The van der Waals surface area contributed by atoms with Crippen molar-refractivity contribution in [2.45, 2.75) is 24.2 Å². The summed E-state index contributed by atoms with van der Waals surface area (Å²) >= 11 is 4.85. The molecule has 15 heavy (non-hydrogen) atoms. The SMILES string of the molecule is CCC[CH2][Sn].O=Cc1cc(Br)ccc1O. The van der Waals surface area contributed by atoms with E-state index in [1.807, 2.05) is 0 Å². The molecular formula is C11H14BrO2Sn. The maximum atomic E-state index is 10.2. The van der Waals surface area contributed by atoms with Crippen molar-refractivity contribution in [3.8, 4) is 5.75 Å². The first-order valence-corrected chi connectivity index (χ1v) is 7.55. The number of hydrogen-bond donors (Lipinski definition) is 1. The summed E-state index contributed by atoms with van der Waals surface area (Å²) in [6.07, 6.45) is 3.41. The molecule has 0 atom stereocenters. The average molecular weight is 377 g/mol. The Morgan fingerprint density at radius 2 is 2.20 bits per heavy atom. The van der Waals surface area contributed by atoms with Gasteiger partial charge in [-0.1, -0.05) is 15.9 Å². The van der Waals surface area contributed by atoms with Crippen LogP contribution in [0.25, 0.3) is 0 Å². The maximum absolute atomic E-state index is 10.2. The number of phenolic OH excluding ortho intramolecular Hbond substituents is 1. The van der Waals surface area contributed by atoms with Crippen molar-refractivity contribution >= 4 is 44.7 Å². The number of phenols is 1. The van der Waals surface area contributed by atoms with Crippen LogP contribution in [0.5, 0.6) is 5.75 Å². The van der Waals surface area contributed by atoms with Gasteiger partial charge in [-0.25, -0.2) is 0 Å². The summed E-state index contributed by atoms with van der Waals surface area (Å²) < 4.78 is 2.22. The Labute approximate surface area is 112 Å². The van der Waals surface area contributed by atoms with Gasteiger partial charge in [-0.05, 0) is 18.2 Å². The van der Waals surface area contributed by atoms with E-state index in [0.717, 1.165) is 4.47 Å². The third-order valence-corrected chi connectivity index (χ3v) is 3.15. The minimum atomic E-state index is 0.0122. The molecule has 0 spiro atoms. The molecule has 1 aromatic carbocycles. The molecule has 0 bridgehead atoms. The molecule has 0 unspecified atom stereocenters. The Bertz CT molecular complexity index is 301. The van der Waals surface area contributed by atoms with Crippen LogP contribution in [0.4, 0.5) is 0 Å². The molecule has 0 saturated carbocycles. The van der Waals surface area contributed by atoms with Crippen LogP contribution in [0.15, 0.2) is 22.7 Å². The molecule has 0 aliphatic carbocycles. The summed E-state index contributed by atoms with van der Waals surface area (Å²) in [7, 11) is 0. The Morgan fingerprint density at radius 1 is 1.53 bits per heavy atom. The first kappa shape index (κ1) is 15.0. The number of hydrogen-bond acceptors (Lipinski definition) is 2. The molecule has 0 amide bonds. The number of benzene rings is 1. The fourth-order valence-electron chi connectivity index (χ4n) is 0.797. The molecule has 0 aliphatic heterocycles. The molecule has 1 N–H and O–H groups in total. The van der Waals surface area contributed by atoms with Crippen molar-refractivity contribution in [3.63, 3.8) is 0 Å². The quantitative estimate of drug-likeness (QED) is 0.649. The largest absolute Gasteiger partial charge is 0.507 e. The van der Waals surface area contributed by atoms with Gasteiger partial charge in [-0.15, -0.1) is 0 Å². The molecule has 0 aliphatic rings. The summed E-state index contributed by atoms with van der Waals surface area (Å²) in [6, 6.07) is 4.69. The van der Waals surface area contributed by atoms with Crippen LogP contribution in [0.2, 0.25) is 4.44 Å². The van der Waals surface area contributed by atoms with E-state index in [-0.39, 0.29) is 5.75 Å². The number of aldehydes is 1. The Morgan fingerprint density at radius 3 is 2.53 bits per heavy atom. The third-order valence-electron chi connectivity index (χ3n) is 1.65. The fourth-order valence-corrected chi connectivity index (χ4v) is 2.18. The zero-order valence-corrected chi connectivity index (χ0v) is 13.1. The minimum Gasteiger partial charge on any atom is -0.507 e. The summed E-state index contributed by atoms with van der Waals surface area (Å²) in [5, 5.41) is 8.98. The number of halogens is 1. The first-order chi connectivity index (χ1) is 7.15. The van der Waals surface area contributed by atoms with Crippen LogP contribution < -0.4 is 0 Å². The Balaban J connectivity index is 0.000000336. The molecule has 0 saturated heterocycles. The van der Waals surface area contributed by atoms with Gasteiger partial charge in [0.25, 0.3) is 0 Å². The third kappa shape index (κ3) is 6.95. The molecule has 81 valence electrons. The van der Waals surface area contributed by atoms with Gasteiger partial charge in [0.15, 0.2) is 6.29 Å². The van der Waals surface area contributed by atoms with Crippen LogP contribution in [0.1, 0.15) is 30.1 Å². The van der Waals surface area contributed by atoms with E-state index in [1.54, 1.807) is 34.7 Å². The normalized spacial score (nSPS) is 9.00. The zero-order valence-electron chi connectivity index (χ0n) is 8.66. The maximum Gasteiger partial charge on any atom is 0.153 e. The second-order valence-electron chi connectivity index (χ2n) is 2.92. The number of unbranched alkanes of at least 4 members (excludes halogenated alkanes) is 1. The molecule has 0 heterocycles. The van der Waals surface area contributed by atoms with Crippen molar-refractivity contribution in [1.82, 2.24) is 0 Å². The molecule has 1 rings (SSSR count). The van der Waals surface area contributed by atoms with E-state index >= 15 is 0 Å². The molecular weight excluding hydrogens is 363 g/mol. The molecule has 1 aromatic rings. The van der Waals surface area contributed by atoms with E-state index < -0.39 is 0 Å². The van der Waals surface area contributed by atoms with Gasteiger partial charge in [0.05, 0.1) is 5.56 Å². The molecule has 2 nitrogen and oxygen atoms in total. The smallest absolute Gasteiger partial charge is 0.153 e. The van der Waals surface area contributed by atoms with Crippen molar-refractivity contribution in [2.75, 3.05) is 0 Å². The number of carbonyl (C=O) groups excluding carboxylic acids is 1. The van der Waals surface area contributed by atoms with Crippen LogP contribution in [0.3, 0.4) is 0 Å². The summed E-state index contributed by atoms with van der Waals surface area (Å²) in [5.74, 6) is 0.0122. The van der Waals surface area contributed by atoms with E-state index in [1.165, 1.54) is 23.3 Å². The zero-order chi connectivity index (χ0) is 11.7. The van der Waals surface area contributed by atoms with Gasteiger partial charge in [0.1, 0.15) is 5.75 Å². The van der Waals surface area contributed by atoms with Gasteiger partial charge in [-0.2, -0.15) is 0 Å². The molecule has 4 heteroatoms. The molecule has 3 radical (unpaired) electrons. The van der Waals surface area contributed by atoms with Crippen molar-refractivity contribution < 1.29 is 9.90 Å². The average Bonchev–Trinajstić information content (AvgIpc) is 2.24. The van der Waals surface area contributed by atoms with E-state index in [0.29, 0.717) is 11.8 Å². The fraction of sp³-hybridized carbons (Fsp3) is 0.364. The van der Waals surface area contributed by atoms with Crippen molar-refractivity contribution in [3.05, 3.63) is 28.2 Å². The van der Waals surface area contributed by atoms with Crippen LogP contribution in [-0.4, -0.2) is 33.9 Å². The van der Waals surface area contributed by atoms with Crippen LogP contribution in [-0.2, 0) is 0 Å². The van der Waals surface area contributed by atoms with E-state index in [9.17, 15) is 4.79 Å². The van der Waals surface area contributed by atoms with Crippen LogP contribution in [0, 0.1) is 0 Å².